The van der Waals surface area contributed by atoms with Gasteiger partial charge >= 0.3 is 0 Å². The quantitative estimate of drug-likeness (QED) is 0.485. The Morgan fingerprint density at radius 2 is 2.50 bits per heavy atom. The zero-order valence-corrected chi connectivity index (χ0v) is 7.52. The molecule has 2 aliphatic carbocycles. The van der Waals surface area contributed by atoms with Crippen LogP contribution in [-0.2, 0) is 0 Å². The van der Waals surface area contributed by atoms with Gasteiger partial charge in [-0.05, 0) is 37.4 Å². The molecule has 0 aromatic carbocycles. The molecule has 0 radical (unpaired) electrons. The summed E-state index contributed by atoms with van der Waals surface area (Å²) < 4.78 is 46.4. The predicted molar refractivity (Wildman–Crippen MR) is 52.9 cm³/mol. The summed E-state index contributed by atoms with van der Waals surface area (Å²) in [5.74, 6) is -0.161. The van der Waals surface area contributed by atoms with E-state index in [4.69, 9.17) is 8.22 Å². The highest BCUT2D eigenvalue weighted by molar-refractivity contribution is 5.34. The third-order valence-corrected chi connectivity index (χ3v) is 3.30. The van der Waals surface area contributed by atoms with Gasteiger partial charge in [-0.3, -0.25) is 0 Å². The van der Waals surface area contributed by atoms with E-state index < -0.39 is 19.1 Å². The van der Waals surface area contributed by atoms with Crippen molar-refractivity contribution in [1.82, 2.24) is 0 Å². The molecule has 0 amide bonds. The Morgan fingerprint density at radius 3 is 3.17 bits per heavy atom. The van der Waals surface area contributed by atoms with E-state index in [1.165, 1.54) is 0 Å². The van der Waals surface area contributed by atoms with Crippen LogP contribution in [0.4, 0.5) is 0 Å². The second kappa shape index (κ2) is 2.25. The number of hydrogen-bond donors (Lipinski definition) is 0. The average molecular weight is 168 g/mol. The second-order valence-electron chi connectivity index (χ2n) is 4.06. The average Bonchev–Trinajstić information content (AvgIpc) is 2.67. The Bertz CT molecular complexity index is 425. The Labute approximate surface area is 83.8 Å². The highest BCUT2D eigenvalue weighted by atomic mass is 14.5. The molecule has 2 rings (SSSR count). The van der Waals surface area contributed by atoms with Gasteiger partial charge in [0.2, 0.25) is 0 Å². The van der Waals surface area contributed by atoms with Gasteiger partial charge in [0.05, 0.1) is 0 Å². The maximum Gasteiger partial charge on any atom is 0.0277 e. The maximum absolute atomic E-state index is 7.79. The maximum atomic E-state index is 7.79. The highest BCUT2D eigenvalue weighted by Crippen LogP contribution is 2.54. The largest absolute Gasteiger partial charge is 0.0876 e. The van der Waals surface area contributed by atoms with Crippen LogP contribution in [0, 0.1) is 17.3 Å². The van der Waals surface area contributed by atoms with Gasteiger partial charge in [0.25, 0.3) is 0 Å². The highest BCUT2D eigenvalue weighted by Gasteiger charge is 2.44. The number of rotatable bonds is 0. The third-order valence-electron chi connectivity index (χ3n) is 3.30. The summed E-state index contributed by atoms with van der Waals surface area (Å²) in [6.45, 7) is -1.26. The van der Waals surface area contributed by atoms with Crippen LogP contribution in [0.25, 0.3) is 0 Å². The van der Waals surface area contributed by atoms with Crippen LogP contribution >= 0.6 is 0 Å². The molecular weight excluding hydrogens is 144 g/mol. The van der Waals surface area contributed by atoms with Gasteiger partial charge in [-0.2, -0.15) is 0 Å². The Morgan fingerprint density at radius 1 is 1.67 bits per heavy atom. The number of fused-ring (bicyclic) bond motifs is 1. The van der Waals surface area contributed by atoms with E-state index in [1.54, 1.807) is 13.8 Å². The van der Waals surface area contributed by atoms with Gasteiger partial charge < -0.3 is 0 Å². The fourth-order valence-corrected chi connectivity index (χ4v) is 2.46. The van der Waals surface area contributed by atoms with Crippen LogP contribution in [0.15, 0.2) is 23.3 Å². The third kappa shape index (κ3) is 0.784. The van der Waals surface area contributed by atoms with E-state index in [0.717, 1.165) is 12.0 Å². The monoisotopic (exact) mass is 168 g/mol. The van der Waals surface area contributed by atoms with Crippen molar-refractivity contribution in [3.63, 3.8) is 0 Å². The van der Waals surface area contributed by atoms with Crippen LogP contribution in [0.2, 0.25) is 0 Å². The minimum atomic E-state index is -2.33. The van der Waals surface area contributed by atoms with Crippen LogP contribution < -0.4 is 0 Å². The molecule has 0 unspecified atom stereocenters. The van der Waals surface area contributed by atoms with E-state index >= 15 is 0 Å². The molecular formula is C12H18. The molecule has 2 aliphatic rings. The van der Waals surface area contributed by atoms with E-state index in [2.05, 4.69) is 0 Å². The van der Waals surface area contributed by atoms with E-state index in [1.807, 2.05) is 12.2 Å². The molecule has 0 bridgehead atoms. The van der Waals surface area contributed by atoms with Crippen molar-refractivity contribution in [3.8, 4) is 0 Å². The van der Waals surface area contributed by atoms with Crippen LogP contribution in [-0.4, -0.2) is 0 Å². The zero-order valence-electron chi connectivity index (χ0n) is 13.5. The molecule has 0 fully saturated rings. The van der Waals surface area contributed by atoms with Crippen molar-refractivity contribution in [2.75, 3.05) is 0 Å². The predicted octanol–water partition coefficient (Wildman–Crippen LogP) is 3.55. The fraction of sp³-hybridized carbons (Fsp3) is 0.667. The van der Waals surface area contributed by atoms with Crippen molar-refractivity contribution in [2.45, 2.75) is 34.0 Å². The first kappa shape index (κ1) is 3.69. The Hall–Kier alpha value is -0.520. The number of allylic oxidation sites excluding steroid dienone is 4. The molecule has 12 heavy (non-hydrogen) atoms. The number of hydrogen-bond acceptors (Lipinski definition) is 0. The van der Waals surface area contributed by atoms with Gasteiger partial charge in [0.1, 0.15) is 0 Å². The molecule has 0 N–H and O–H groups in total. The lowest BCUT2D eigenvalue weighted by Crippen LogP contribution is -2.20. The van der Waals surface area contributed by atoms with Crippen molar-refractivity contribution in [3.05, 3.63) is 23.3 Å². The SMILES string of the molecule is [2H]C([2H])([2H])C1=C(C)[C@H]2CC=C[C@H]2[C@@]1(C)C([2H])([2H])[2H]. The summed E-state index contributed by atoms with van der Waals surface area (Å²) in [4.78, 5) is 0. The van der Waals surface area contributed by atoms with Crippen molar-refractivity contribution < 1.29 is 8.22 Å². The molecule has 66 valence electrons. The summed E-state index contributed by atoms with van der Waals surface area (Å²) in [5.41, 5.74) is -0.349. The first-order chi connectivity index (χ1) is 8.01. The summed E-state index contributed by atoms with van der Waals surface area (Å²) >= 11 is 0. The topological polar surface area (TPSA) is 0 Å². The second-order valence-corrected chi connectivity index (χ2v) is 4.06. The van der Waals surface area contributed by atoms with E-state index in [0.29, 0.717) is 0 Å². The molecule has 0 heterocycles. The molecule has 0 aromatic rings. The summed E-state index contributed by atoms with van der Waals surface area (Å²) in [5, 5.41) is 0. The molecule has 0 spiro atoms. The molecule has 0 nitrogen and oxygen atoms in total. The van der Waals surface area contributed by atoms with Crippen molar-refractivity contribution in [1.29, 1.82) is 0 Å². The lowest BCUT2D eigenvalue weighted by Gasteiger charge is -2.27. The minimum absolute atomic E-state index is 0.0471. The standard InChI is InChI=1S/C12H18/c1-8-9(2)12(3,4)11-7-5-6-10(8)11/h5,7,10-11H,6H2,1-4H3/t10-,11-/m1/s1/i2D3,3D3/t10-,11-,12-. The molecule has 0 heteroatoms. The van der Waals surface area contributed by atoms with E-state index in [9.17, 15) is 0 Å². The van der Waals surface area contributed by atoms with Gasteiger partial charge in [-0.25, -0.2) is 0 Å². The van der Waals surface area contributed by atoms with Crippen LogP contribution in [0.5, 0.6) is 0 Å². The lowest BCUT2D eigenvalue weighted by atomic mass is 9.76. The fourth-order valence-electron chi connectivity index (χ4n) is 2.46. The molecule has 0 saturated heterocycles. The van der Waals surface area contributed by atoms with Gasteiger partial charge in [0, 0.05) is 8.22 Å². The molecule has 3 atom stereocenters. The summed E-state index contributed by atoms with van der Waals surface area (Å²) in [6, 6.07) is 0. The lowest BCUT2D eigenvalue weighted by molar-refractivity contribution is 0.306. The first-order valence-electron chi connectivity index (χ1n) is 7.39. The summed E-state index contributed by atoms with van der Waals surface area (Å²) in [6.07, 6.45) is 4.61. The smallest absolute Gasteiger partial charge is 0.0277 e. The summed E-state index contributed by atoms with van der Waals surface area (Å²) in [7, 11) is 0. The zero-order chi connectivity index (χ0) is 13.9. The van der Waals surface area contributed by atoms with Crippen molar-refractivity contribution >= 4 is 0 Å². The Balaban J connectivity index is 2.64. The van der Waals surface area contributed by atoms with Gasteiger partial charge in [-0.15, -0.1) is 0 Å². The minimum Gasteiger partial charge on any atom is -0.0876 e. The van der Waals surface area contributed by atoms with E-state index in [-0.39, 0.29) is 17.4 Å². The van der Waals surface area contributed by atoms with Crippen molar-refractivity contribution in [2.24, 2.45) is 17.3 Å². The molecule has 0 aromatic heterocycles. The molecule has 0 saturated carbocycles. The van der Waals surface area contributed by atoms with Gasteiger partial charge in [0.15, 0.2) is 0 Å². The first-order valence-corrected chi connectivity index (χ1v) is 4.39. The normalized spacial score (nSPS) is 55.2. The van der Waals surface area contributed by atoms with Gasteiger partial charge in [-0.1, -0.05) is 37.1 Å². The Kier molecular flexibility index (Phi) is 0.691. The van der Waals surface area contributed by atoms with Crippen LogP contribution in [0.3, 0.4) is 0 Å². The van der Waals surface area contributed by atoms with Crippen LogP contribution in [0.1, 0.15) is 42.2 Å². The molecule has 0 aliphatic heterocycles.